The molecular formula is C35H47F4N4O2P. The molecular weight excluding hydrogens is 615 g/mol. The van der Waals surface area contributed by atoms with Crippen LogP contribution in [0.3, 0.4) is 0 Å². The van der Waals surface area contributed by atoms with Crippen molar-refractivity contribution in [3.05, 3.63) is 87.6 Å². The van der Waals surface area contributed by atoms with Crippen molar-refractivity contribution in [2.45, 2.75) is 78.9 Å². The number of nitrogens with zero attached hydrogens (tertiary/aromatic N) is 2. The summed E-state index contributed by atoms with van der Waals surface area (Å²) < 4.78 is 62.1. The second kappa shape index (κ2) is 17.9. The maximum Gasteiger partial charge on any atom is 0.416 e. The summed E-state index contributed by atoms with van der Waals surface area (Å²) in [5.74, 6) is -0.731. The Bertz CT molecular complexity index is 1400. The first-order valence-electron chi connectivity index (χ1n) is 15.9. The van der Waals surface area contributed by atoms with Gasteiger partial charge in [-0.05, 0) is 67.4 Å². The highest BCUT2D eigenvalue weighted by Gasteiger charge is 2.34. The van der Waals surface area contributed by atoms with Crippen LogP contribution in [0, 0.1) is 11.7 Å². The number of anilines is 1. The van der Waals surface area contributed by atoms with Gasteiger partial charge in [0, 0.05) is 48.7 Å². The summed E-state index contributed by atoms with van der Waals surface area (Å²) in [7, 11) is 0.412. The van der Waals surface area contributed by atoms with Gasteiger partial charge in [0.25, 0.3) is 5.91 Å². The molecule has 252 valence electrons. The largest absolute Gasteiger partial charge is 0.416 e. The van der Waals surface area contributed by atoms with Gasteiger partial charge in [0.1, 0.15) is 5.82 Å². The molecule has 2 aliphatic rings. The van der Waals surface area contributed by atoms with E-state index >= 15 is 0 Å². The first-order valence-corrected chi connectivity index (χ1v) is 17.0. The number of hydrogen-bond acceptors (Lipinski definition) is 5. The normalized spacial score (nSPS) is 20.2. The molecule has 0 spiro atoms. The second-order valence-corrected chi connectivity index (χ2v) is 13.3. The number of amides is 1. The molecule has 2 aliphatic heterocycles. The number of alkyl halides is 3. The minimum Gasteiger partial charge on any atom is -0.379 e. The van der Waals surface area contributed by atoms with Crippen LogP contribution in [0.5, 0.6) is 0 Å². The molecule has 3 atom stereocenters. The summed E-state index contributed by atoms with van der Waals surface area (Å²) in [6.07, 6.45) is 3.60. The number of aliphatic imine (C=N–C) groups is 1. The third-order valence-corrected chi connectivity index (χ3v) is 8.74. The van der Waals surface area contributed by atoms with E-state index in [9.17, 15) is 22.4 Å². The van der Waals surface area contributed by atoms with Crippen molar-refractivity contribution < 1.29 is 27.1 Å². The molecule has 11 heteroatoms. The topological polar surface area (TPSA) is 66.0 Å². The van der Waals surface area contributed by atoms with Gasteiger partial charge < -0.3 is 10.1 Å². The molecule has 1 fully saturated rings. The zero-order valence-corrected chi connectivity index (χ0v) is 28.6. The van der Waals surface area contributed by atoms with Crippen LogP contribution in [0.15, 0.2) is 64.6 Å². The van der Waals surface area contributed by atoms with Gasteiger partial charge in [0.05, 0.1) is 30.3 Å². The summed E-state index contributed by atoms with van der Waals surface area (Å²) in [4.78, 5) is 19.5. The number of nitrogens with one attached hydrogen (secondary N) is 2. The Labute approximate surface area is 272 Å². The summed E-state index contributed by atoms with van der Waals surface area (Å²) >= 11 is 0. The molecule has 2 aromatic rings. The lowest BCUT2D eigenvalue weighted by molar-refractivity contribution is -0.138. The van der Waals surface area contributed by atoms with Crippen LogP contribution in [-0.4, -0.2) is 49.1 Å². The molecule has 1 saturated heterocycles. The number of allylic oxidation sites excluding steroid dienone is 3. The number of halogens is 4. The van der Waals surface area contributed by atoms with Crippen molar-refractivity contribution in [3.63, 3.8) is 0 Å². The summed E-state index contributed by atoms with van der Waals surface area (Å²) in [6.45, 7) is 14.5. The fourth-order valence-corrected chi connectivity index (χ4v) is 6.38. The van der Waals surface area contributed by atoms with E-state index in [2.05, 4.69) is 49.4 Å². The van der Waals surface area contributed by atoms with E-state index in [4.69, 9.17) is 4.74 Å². The molecule has 0 bridgehead atoms. The highest BCUT2D eigenvalue weighted by atomic mass is 31.1. The number of ether oxygens (including phenoxy) is 1. The Morgan fingerprint density at radius 1 is 1.13 bits per heavy atom. The van der Waals surface area contributed by atoms with Gasteiger partial charge in [-0.2, -0.15) is 13.2 Å². The summed E-state index contributed by atoms with van der Waals surface area (Å²) in [6, 6.07) is 7.36. The monoisotopic (exact) mass is 662 g/mol. The van der Waals surface area contributed by atoms with E-state index < -0.39 is 29.5 Å². The van der Waals surface area contributed by atoms with Gasteiger partial charge in [0.15, 0.2) is 0 Å². The van der Waals surface area contributed by atoms with E-state index in [1.807, 2.05) is 31.0 Å². The van der Waals surface area contributed by atoms with Crippen LogP contribution in [0.25, 0.3) is 0 Å². The molecule has 4 rings (SSSR count). The first-order chi connectivity index (χ1) is 21.9. The summed E-state index contributed by atoms with van der Waals surface area (Å²) in [5, 5.41) is 7.23. The third kappa shape index (κ3) is 11.1. The molecule has 3 unspecified atom stereocenters. The van der Waals surface area contributed by atoms with E-state index in [0.29, 0.717) is 46.4 Å². The van der Waals surface area contributed by atoms with Crippen LogP contribution in [-0.2, 0) is 17.5 Å². The van der Waals surface area contributed by atoms with Gasteiger partial charge in [0.2, 0.25) is 0 Å². The number of rotatable bonds is 9. The Kier molecular flexibility index (Phi) is 14.6. The SMILES string of the molecule is C/C=C1/N=CC(NC(C)c2cc(NC(=O)c3ccc(CN4CCOCC4)c(C(F)(F)F)c3)ccc2F)P/C1=C\CC(C)C.CCC. The van der Waals surface area contributed by atoms with Crippen LogP contribution >= 0.6 is 8.58 Å². The molecule has 1 amide bonds. The van der Waals surface area contributed by atoms with Crippen LogP contribution in [0.2, 0.25) is 0 Å². The number of carbonyl (C=O) groups is 1. The van der Waals surface area contributed by atoms with Crippen molar-refractivity contribution in [2.75, 3.05) is 31.6 Å². The number of hydrogen-bond donors (Lipinski definition) is 2. The highest BCUT2D eigenvalue weighted by molar-refractivity contribution is 7.45. The molecule has 6 nitrogen and oxygen atoms in total. The lowest BCUT2D eigenvalue weighted by Crippen LogP contribution is -2.36. The molecule has 0 aliphatic carbocycles. The quantitative estimate of drug-likeness (QED) is 0.208. The minimum absolute atomic E-state index is 0.0912. The number of benzene rings is 2. The van der Waals surface area contributed by atoms with E-state index in [-0.39, 0.29) is 29.1 Å². The van der Waals surface area contributed by atoms with Gasteiger partial charge >= 0.3 is 6.18 Å². The molecule has 0 aromatic heterocycles. The fraction of sp³-hybridized carbons (Fsp3) is 0.486. The van der Waals surface area contributed by atoms with Crippen molar-refractivity contribution in [2.24, 2.45) is 10.9 Å². The first kappa shape index (κ1) is 37.5. The second-order valence-electron chi connectivity index (χ2n) is 11.9. The van der Waals surface area contributed by atoms with Crippen molar-refractivity contribution in [1.29, 1.82) is 0 Å². The maximum absolute atomic E-state index is 14.9. The minimum atomic E-state index is -4.62. The molecule has 2 aromatic carbocycles. The van der Waals surface area contributed by atoms with Crippen molar-refractivity contribution in [1.82, 2.24) is 10.2 Å². The maximum atomic E-state index is 14.9. The van der Waals surface area contributed by atoms with Gasteiger partial charge in [-0.15, -0.1) is 0 Å². The highest BCUT2D eigenvalue weighted by Crippen LogP contribution is 2.39. The molecule has 2 heterocycles. The van der Waals surface area contributed by atoms with Crippen molar-refractivity contribution in [3.8, 4) is 0 Å². The predicted octanol–water partition coefficient (Wildman–Crippen LogP) is 8.92. The molecule has 2 N–H and O–H groups in total. The Morgan fingerprint density at radius 2 is 1.83 bits per heavy atom. The third-order valence-electron chi connectivity index (χ3n) is 7.34. The van der Waals surface area contributed by atoms with Gasteiger partial charge in [-0.1, -0.05) is 60.9 Å². The Balaban J connectivity index is 0.00000185. The van der Waals surface area contributed by atoms with Crippen molar-refractivity contribution >= 4 is 26.4 Å². The van der Waals surface area contributed by atoms with Crippen LogP contribution < -0.4 is 10.6 Å². The number of carbonyl (C=O) groups excluding carboxylic acids is 1. The van der Waals surface area contributed by atoms with Gasteiger partial charge in [-0.3, -0.25) is 20.0 Å². The van der Waals surface area contributed by atoms with E-state index in [1.165, 1.54) is 42.1 Å². The zero-order chi connectivity index (χ0) is 33.9. The lowest BCUT2D eigenvalue weighted by Gasteiger charge is -2.27. The fourth-order valence-electron chi connectivity index (χ4n) is 4.97. The average molecular weight is 663 g/mol. The lowest BCUT2D eigenvalue weighted by atomic mass is 10.0. The smallest absolute Gasteiger partial charge is 0.379 e. The zero-order valence-electron chi connectivity index (χ0n) is 27.6. The van der Waals surface area contributed by atoms with E-state index in [1.54, 1.807) is 0 Å². The molecule has 0 saturated carbocycles. The van der Waals surface area contributed by atoms with Crippen LogP contribution in [0.4, 0.5) is 23.2 Å². The molecule has 0 radical (unpaired) electrons. The summed E-state index contributed by atoms with van der Waals surface area (Å²) in [5.41, 5.74) is 0.693. The van der Waals surface area contributed by atoms with E-state index in [0.717, 1.165) is 18.2 Å². The van der Waals surface area contributed by atoms with Crippen LogP contribution in [0.1, 0.15) is 87.5 Å². The Morgan fingerprint density at radius 3 is 2.46 bits per heavy atom. The standard InChI is InChI=1S/C32H39F4N4O2P.C3H8/c1-5-28-29(11-6-20(2)3)43-30(18-37-28)38-21(4)25-17-24(9-10-27(25)33)39-31(41)22-7-8-23(26(16-22)32(34,35)36)19-40-12-14-42-15-13-40;1-3-2/h5,7-11,16-18,20-21,30,38,43H,6,12-15,19H2,1-4H3,(H,39,41);3H2,1-2H3/b28-5+,29-11-;. The number of morpholine rings is 1. The predicted molar refractivity (Wildman–Crippen MR) is 181 cm³/mol. The average Bonchev–Trinajstić information content (AvgIpc) is 3.01. The Hall–Kier alpha value is -2.91. The molecule has 46 heavy (non-hydrogen) atoms. The van der Waals surface area contributed by atoms with Gasteiger partial charge in [-0.25, -0.2) is 4.39 Å².